The van der Waals surface area contributed by atoms with Gasteiger partial charge in [-0.1, -0.05) is 6.92 Å². The van der Waals surface area contributed by atoms with Crippen molar-refractivity contribution in [3.05, 3.63) is 29.6 Å². The summed E-state index contributed by atoms with van der Waals surface area (Å²) < 4.78 is 18.1. The van der Waals surface area contributed by atoms with E-state index in [0.29, 0.717) is 36.0 Å². The van der Waals surface area contributed by atoms with E-state index < -0.39 is 5.92 Å². The number of aromatic nitrogens is 2. The largest absolute Gasteiger partial charge is 0.493 e. The molecule has 0 radical (unpaired) electrons. The molecule has 1 aliphatic rings. The van der Waals surface area contributed by atoms with E-state index in [4.69, 9.17) is 14.2 Å². The first-order valence-corrected chi connectivity index (χ1v) is 10.7. The Balaban J connectivity index is 1.62. The van der Waals surface area contributed by atoms with Crippen LogP contribution in [0.5, 0.6) is 17.2 Å². The van der Waals surface area contributed by atoms with Crippen LogP contribution >= 0.6 is 0 Å². The van der Waals surface area contributed by atoms with Crippen LogP contribution in [0.4, 0.5) is 5.69 Å². The fourth-order valence-corrected chi connectivity index (χ4v) is 3.99. The molecule has 2 heterocycles. The van der Waals surface area contributed by atoms with Crippen molar-refractivity contribution in [2.75, 3.05) is 39.3 Å². The molecule has 9 heteroatoms. The van der Waals surface area contributed by atoms with Gasteiger partial charge >= 0.3 is 0 Å². The summed E-state index contributed by atoms with van der Waals surface area (Å²) in [5.74, 6) is 0.934. The van der Waals surface area contributed by atoms with Gasteiger partial charge in [-0.15, -0.1) is 0 Å². The van der Waals surface area contributed by atoms with Crippen molar-refractivity contribution in [3.8, 4) is 17.2 Å². The molecular weight excluding hydrogens is 412 g/mol. The predicted molar refractivity (Wildman–Crippen MR) is 120 cm³/mol. The quantitative estimate of drug-likeness (QED) is 0.638. The van der Waals surface area contributed by atoms with E-state index in [9.17, 15) is 9.59 Å². The molecule has 1 fully saturated rings. The monoisotopic (exact) mass is 444 g/mol. The number of hydrogen-bond acceptors (Lipinski definition) is 6. The maximum Gasteiger partial charge on any atom is 0.227 e. The average Bonchev–Trinajstić information content (AvgIpc) is 3.31. The average molecular weight is 445 g/mol. The second-order valence-electron chi connectivity index (χ2n) is 8.25. The van der Waals surface area contributed by atoms with Gasteiger partial charge in [0.2, 0.25) is 17.6 Å². The topological polar surface area (TPSA) is 94.9 Å². The van der Waals surface area contributed by atoms with Gasteiger partial charge in [-0.3, -0.25) is 14.3 Å². The number of anilines is 1. The van der Waals surface area contributed by atoms with Gasteiger partial charge in [-0.25, -0.2) is 0 Å². The number of nitrogens with one attached hydrogen (secondary N) is 1. The lowest BCUT2D eigenvalue weighted by Crippen LogP contribution is -2.36. The summed E-state index contributed by atoms with van der Waals surface area (Å²) in [6, 6.07) is 5.47. The van der Waals surface area contributed by atoms with Gasteiger partial charge in [-0.2, -0.15) is 5.10 Å². The summed E-state index contributed by atoms with van der Waals surface area (Å²) in [6.07, 6.45) is 0.161. The van der Waals surface area contributed by atoms with E-state index >= 15 is 0 Å². The zero-order chi connectivity index (χ0) is 23.4. The third kappa shape index (κ3) is 4.98. The number of rotatable bonds is 9. The second-order valence-corrected chi connectivity index (χ2v) is 8.25. The first-order valence-electron chi connectivity index (χ1n) is 10.7. The number of nitrogens with zero attached hydrogens (tertiary/aromatic N) is 3. The lowest BCUT2D eigenvalue weighted by molar-refractivity contribution is -0.126. The lowest BCUT2D eigenvalue weighted by atomic mass is 10.1. The Bertz CT molecular complexity index is 962. The molecule has 2 aromatic rings. The molecule has 0 bridgehead atoms. The van der Waals surface area contributed by atoms with Crippen LogP contribution in [0.1, 0.15) is 24.7 Å². The van der Waals surface area contributed by atoms with Gasteiger partial charge in [-0.05, 0) is 25.8 Å². The Labute approximate surface area is 188 Å². The highest BCUT2D eigenvalue weighted by Crippen LogP contribution is 2.42. The van der Waals surface area contributed by atoms with Crippen LogP contribution in [0.15, 0.2) is 18.2 Å². The summed E-state index contributed by atoms with van der Waals surface area (Å²) in [5.41, 5.74) is 2.69. The van der Waals surface area contributed by atoms with E-state index in [2.05, 4.69) is 17.3 Å². The Kier molecular flexibility index (Phi) is 7.27. The number of methoxy groups -OCH3 is 3. The maximum absolute atomic E-state index is 12.8. The zero-order valence-electron chi connectivity index (χ0n) is 19.6. The van der Waals surface area contributed by atoms with Crippen molar-refractivity contribution >= 4 is 17.5 Å². The molecular formula is C23H32N4O5. The van der Waals surface area contributed by atoms with Crippen molar-refractivity contribution in [2.24, 2.45) is 11.8 Å². The third-order valence-electron chi connectivity index (χ3n) is 5.67. The molecule has 2 amide bonds. The van der Waals surface area contributed by atoms with E-state index in [0.717, 1.165) is 17.9 Å². The predicted octanol–water partition coefficient (Wildman–Crippen LogP) is 2.33. The van der Waals surface area contributed by atoms with E-state index in [1.54, 1.807) is 17.0 Å². The highest BCUT2D eigenvalue weighted by atomic mass is 16.5. The summed E-state index contributed by atoms with van der Waals surface area (Å²) in [7, 11) is 4.57. The summed E-state index contributed by atoms with van der Waals surface area (Å²) in [5, 5.41) is 7.47. The van der Waals surface area contributed by atoms with Gasteiger partial charge in [0.25, 0.3) is 0 Å². The molecule has 1 N–H and O–H groups in total. The molecule has 1 aromatic heterocycles. The lowest BCUT2D eigenvalue weighted by Gasteiger charge is -2.20. The number of amides is 2. The number of aryl methyl sites for hydroxylation is 2. The molecule has 2 atom stereocenters. The van der Waals surface area contributed by atoms with Gasteiger partial charge in [0.15, 0.2) is 11.5 Å². The second kappa shape index (κ2) is 9.93. The number of hydrogen-bond donors (Lipinski definition) is 1. The van der Waals surface area contributed by atoms with Gasteiger partial charge in [0, 0.05) is 43.9 Å². The third-order valence-corrected chi connectivity index (χ3v) is 5.67. The first kappa shape index (κ1) is 23.4. The van der Waals surface area contributed by atoms with Gasteiger partial charge in [0.05, 0.1) is 38.6 Å². The fourth-order valence-electron chi connectivity index (χ4n) is 3.99. The number of benzene rings is 1. The molecule has 0 aliphatic carbocycles. The Morgan fingerprint density at radius 2 is 1.81 bits per heavy atom. The van der Waals surface area contributed by atoms with Crippen LogP contribution in [-0.2, 0) is 16.1 Å². The molecule has 2 unspecified atom stereocenters. The molecule has 32 heavy (non-hydrogen) atoms. The van der Waals surface area contributed by atoms with E-state index in [1.807, 2.05) is 24.6 Å². The summed E-state index contributed by atoms with van der Waals surface area (Å²) >= 11 is 0. The van der Waals surface area contributed by atoms with E-state index in [-0.39, 0.29) is 24.2 Å². The highest BCUT2D eigenvalue weighted by Gasteiger charge is 2.36. The Morgan fingerprint density at radius 1 is 1.16 bits per heavy atom. The van der Waals surface area contributed by atoms with Crippen molar-refractivity contribution in [1.29, 1.82) is 0 Å². The van der Waals surface area contributed by atoms with Crippen LogP contribution < -0.4 is 24.4 Å². The molecule has 1 aromatic carbocycles. The Morgan fingerprint density at radius 3 is 2.34 bits per heavy atom. The van der Waals surface area contributed by atoms with Crippen molar-refractivity contribution < 1.29 is 23.8 Å². The van der Waals surface area contributed by atoms with E-state index in [1.165, 1.54) is 21.3 Å². The van der Waals surface area contributed by atoms with Crippen LogP contribution in [0.3, 0.4) is 0 Å². The van der Waals surface area contributed by atoms with Crippen molar-refractivity contribution in [2.45, 2.75) is 33.7 Å². The molecule has 1 saturated heterocycles. The van der Waals surface area contributed by atoms with Crippen molar-refractivity contribution in [3.63, 3.8) is 0 Å². The normalized spacial score (nSPS) is 16.8. The zero-order valence-corrected chi connectivity index (χ0v) is 19.6. The van der Waals surface area contributed by atoms with Gasteiger partial charge in [0.1, 0.15) is 0 Å². The van der Waals surface area contributed by atoms with Crippen LogP contribution in [-0.4, -0.2) is 56.0 Å². The minimum atomic E-state index is -0.414. The number of carbonyl (C=O) groups is 2. The smallest absolute Gasteiger partial charge is 0.227 e. The van der Waals surface area contributed by atoms with Crippen LogP contribution in [0.25, 0.3) is 0 Å². The summed E-state index contributed by atoms with van der Waals surface area (Å²) in [4.78, 5) is 27.0. The maximum atomic E-state index is 12.8. The molecule has 0 spiro atoms. The Hall–Kier alpha value is -3.23. The molecule has 0 saturated carbocycles. The van der Waals surface area contributed by atoms with Gasteiger partial charge < -0.3 is 24.4 Å². The molecule has 9 nitrogen and oxygen atoms in total. The van der Waals surface area contributed by atoms with Crippen LogP contribution in [0.2, 0.25) is 0 Å². The SMILES string of the molecule is COc1cc(N2CC(C(=O)NCC(C)Cn3nc(C)cc3C)CC2=O)cc(OC)c1OC. The van der Waals surface area contributed by atoms with Crippen molar-refractivity contribution in [1.82, 2.24) is 15.1 Å². The minimum Gasteiger partial charge on any atom is -0.493 e. The van der Waals surface area contributed by atoms with Crippen LogP contribution in [0, 0.1) is 25.7 Å². The number of ether oxygens (including phenoxy) is 3. The first-order chi connectivity index (χ1) is 15.3. The summed E-state index contributed by atoms with van der Waals surface area (Å²) in [6.45, 7) is 7.60. The molecule has 1 aliphatic heterocycles. The fraction of sp³-hybridized carbons (Fsp3) is 0.522. The molecule has 174 valence electrons. The molecule has 3 rings (SSSR count). The highest BCUT2D eigenvalue weighted by molar-refractivity contribution is 6.00. The minimum absolute atomic E-state index is 0.116. The number of carbonyl (C=O) groups excluding carboxylic acids is 2. The standard InChI is InChI=1S/C23H32N4O5/c1-14(12-27-16(3)7-15(2)25-27)11-24-23(29)17-8-21(28)26(13-17)18-9-19(30-4)22(32-6)20(10-18)31-5/h7,9-10,14,17H,8,11-13H2,1-6H3,(H,24,29).